The fourth-order valence-electron chi connectivity index (χ4n) is 3.54. The third-order valence-corrected chi connectivity index (χ3v) is 4.62. The number of hydrogen-bond donors (Lipinski definition) is 1. The molecule has 1 N–H and O–H groups in total. The van der Waals surface area contributed by atoms with Crippen molar-refractivity contribution in [3.05, 3.63) is 64.8 Å². The van der Waals surface area contributed by atoms with Gasteiger partial charge in [-0.2, -0.15) is 10.1 Å². The molecule has 5 nitrogen and oxygen atoms in total. The van der Waals surface area contributed by atoms with Crippen molar-refractivity contribution in [1.82, 2.24) is 15.2 Å². The number of hydrogen-bond acceptors (Lipinski definition) is 5. The van der Waals surface area contributed by atoms with E-state index in [1.54, 1.807) is 6.20 Å². The van der Waals surface area contributed by atoms with Crippen molar-refractivity contribution < 1.29 is 0 Å². The summed E-state index contributed by atoms with van der Waals surface area (Å²) >= 11 is 0. The van der Waals surface area contributed by atoms with Crippen molar-refractivity contribution in [3.8, 4) is 0 Å². The Kier molecular flexibility index (Phi) is 3.84. The van der Waals surface area contributed by atoms with E-state index >= 15 is 0 Å². The van der Waals surface area contributed by atoms with Gasteiger partial charge < -0.3 is 10.2 Å². The molecule has 0 saturated carbocycles. The Bertz CT molecular complexity index is 912. The van der Waals surface area contributed by atoms with Crippen LogP contribution in [0.3, 0.4) is 0 Å². The Morgan fingerprint density at radius 3 is 2.60 bits per heavy atom. The van der Waals surface area contributed by atoms with Crippen molar-refractivity contribution in [3.63, 3.8) is 0 Å². The first-order valence-electron chi connectivity index (χ1n) is 8.52. The van der Waals surface area contributed by atoms with Gasteiger partial charge in [-0.3, -0.25) is 0 Å². The number of anilines is 4. The zero-order valence-electron chi connectivity index (χ0n) is 14.7. The summed E-state index contributed by atoms with van der Waals surface area (Å²) < 4.78 is 0. The molecule has 0 bridgehead atoms. The lowest BCUT2D eigenvalue weighted by molar-refractivity contribution is 0.919. The van der Waals surface area contributed by atoms with Crippen molar-refractivity contribution in [2.75, 3.05) is 16.8 Å². The molecule has 0 spiro atoms. The second-order valence-corrected chi connectivity index (χ2v) is 6.57. The van der Waals surface area contributed by atoms with Crippen LogP contribution in [0.15, 0.2) is 42.6 Å². The molecule has 5 heteroatoms. The number of nitrogens with zero attached hydrogens (tertiary/aromatic N) is 4. The molecule has 0 amide bonds. The van der Waals surface area contributed by atoms with Gasteiger partial charge in [-0.15, -0.1) is 5.10 Å². The largest absolute Gasteiger partial charge is 0.324 e. The quantitative estimate of drug-likeness (QED) is 0.778. The molecule has 2 aromatic carbocycles. The van der Waals surface area contributed by atoms with Crippen LogP contribution in [0.2, 0.25) is 0 Å². The summed E-state index contributed by atoms with van der Waals surface area (Å²) in [7, 11) is 0. The Morgan fingerprint density at radius 2 is 1.80 bits per heavy atom. The summed E-state index contributed by atoms with van der Waals surface area (Å²) in [6.07, 6.45) is 2.75. The number of nitrogens with one attached hydrogen (secondary N) is 1. The van der Waals surface area contributed by atoms with E-state index in [0.717, 1.165) is 24.5 Å². The van der Waals surface area contributed by atoms with E-state index < -0.39 is 0 Å². The van der Waals surface area contributed by atoms with Crippen molar-refractivity contribution >= 4 is 23.1 Å². The van der Waals surface area contributed by atoms with Crippen LogP contribution in [0.1, 0.15) is 22.3 Å². The maximum absolute atomic E-state index is 4.69. The first kappa shape index (κ1) is 15.6. The summed E-state index contributed by atoms with van der Waals surface area (Å²) in [4.78, 5) is 6.89. The SMILES string of the molecule is Cc1cc(C)c(Nc2nncc(N3CCc4ccccc43)n2)c(C)c1. The number of benzene rings is 2. The van der Waals surface area contributed by atoms with Gasteiger partial charge in [-0.1, -0.05) is 35.9 Å². The van der Waals surface area contributed by atoms with Gasteiger partial charge in [0.05, 0.1) is 6.20 Å². The van der Waals surface area contributed by atoms with Crippen LogP contribution in [0.5, 0.6) is 0 Å². The van der Waals surface area contributed by atoms with Gasteiger partial charge in [0, 0.05) is 17.9 Å². The van der Waals surface area contributed by atoms with E-state index in [4.69, 9.17) is 4.98 Å². The van der Waals surface area contributed by atoms with E-state index in [2.05, 4.69) is 77.6 Å². The molecule has 1 aliphatic rings. The van der Waals surface area contributed by atoms with Crippen molar-refractivity contribution in [1.29, 1.82) is 0 Å². The maximum Gasteiger partial charge on any atom is 0.249 e. The Labute approximate surface area is 147 Å². The average molecular weight is 331 g/mol. The van der Waals surface area contributed by atoms with Crippen molar-refractivity contribution in [2.24, 2.45) is 0 Å². The van der Waals surface area contributed by atoms with Gasteiger partial charge >= 0.3 is 0 Å². The number of aryl methyl sites for hydroxylation is 3. The lowest BCUT2D eigenvalue weighted by atomic mass is 10.1. The second-order valence-electron chi connectivity index (χ2n) is 6.57. The minimum absolute atomic E-state index is 0.525. The lowest BCUT2D eigenvalue weighted by Crippen LogP contribution is -2.16. The van der Waals surface area contributed by atoms with Gasteiger partial charge in [0.2, 0.25) is 5.95 Å². The monoisotopic (exact) mass is 331 g/mol. The summed E-state index contributed by atoms with van der Waals surface area (Å²) in [6.45, 7) is 7.21. The smallest absolute Gasteiger partial charge is 0.249 e. The van der Waals surface area contributed by atoms with Crippen LogP contribution < -0.4 is 10.2 Å². The average Bonchev–Trinajstić information content (AvgIpc) is 3.02. The first-order valence-corrected chi connectivity index (χ1v) is 8.52. The molecular weight excluding hydrogens is 310 g/mol. The molecule has 126 valence electrons. The third-order valence-electron chi connectivity index (χ3n) is 4.62. The van der Waals surface area contributed by atoms with E-state index in [-0.39, 0.29) is 0 Å². The van der Waals surface area contributed by atoms with E-state index in [0.29, 0.717) is 5.95 Å². The van der Waals surface area contributed by atoms with E-state index in [1.807, 2.05) is 0 Å². The third kappa shape index (κ3) is 2.93. The van der Waals surface area contributed by atoms with Gasteiger partial charge in [-0.05, 0) is 49.9 Å². The summed E-state index contributed by atoms with van der Waals surface area (Å²) in [5.74, 6) is 1.35. The Morgan fingerprint density at radius 1 is 1.04 bits per heavy atom. The predicted molar refractivity (Wildman–Crippen MR) is 101 cm³/mol. The predicted octanol–water partition coefficient (Wildman–Crippen LogP) is 4.23. The molecule has 1 aliphatic heterocycles. The van der Waals surface area contributed by atoms with Crippen LogP contribution in [0.4, 0.5) is 23.1 Å². The molecule has 2 heterocycles. The highest BCUT2D eigenvalue weighted by atomic mass is 15.3. The molecule has 0 fully saturated rings. The van der Waals surface area contributed by atoms with Crippen LogP contribution in [0.25, 0.3) is 0 Å². The van der Waals surface area contributed by atoms with Crippen LogP contribution in [-0.4, -0.2) is 21.7 Å². The molecule has 0 unspecified atom stereocenters. The number of rotatable bonds is 3. The maximum atomic E-state index is 4.69. The summed E-state index contributed by atoms with van der Waals surface area (Å²) in [6, 6.07) is 12.8. The Hall–Kier alpha value is -2.95. The van der Waals surface area contributed by atoms with Gasteiger partial charge in [0.15, 0.2) is 5.82 Å². The van der Waals surface area contributed by atoms with Crippen LogP contribution in [0, 0.1) is 20.8 Å². The zero-order valence-corrected chi connectivity index (χ0v) is 14.7. The molecule has 0 radical (unpaired) electrons. The van der Waals surface area contributed by atoms with E-state index in [1.165, 1.54) is 27.9 Å². The second kappa shape index (κ2) is 6.16. The molecule has 1 aromatic heterocycles. The minimum Gasteiger partial charge on any atom is -0.324 e. The summed E-state index contributed by atoms with van der Waals surface area (Å²) in [5, 5.41) is 11.7. The molecule has 0 aliphatic carbocycles. The number of para-hydroxylation sites is 1. The molecule has 25 heavy (non-hydrogen) atoms. The number of aromatic nitrogens is 3. The highest BCUT2D eigenvalue weighted by molar-refractivity contribution is 5.69. The fourth-order valence-corrected chi connectivity index (χ4v) is 3.54. The van der Waals surface area contributed by atoms with Gasteiger partial charge in [-0.25, -0.2) is 0 Å². The van der Waals surface area contributed by atoms with Crippen LogP contribution in [-0.2, 0) is 6.42 Å². The molecule has 0 atom stereocenters. The molecular formula is C20H21N5. The lowest BCUT2D eigenvalue weighted by Gasteiger charge is -2.18. The minimum atomic E-state index is 0.525. The Balaban J connectivity index is 1.65. The molecule has 3 aromatic rings. The first-order chi connectivity index (χ1) is 12.1. The molecule has 0 saturated heterocycles. The number of fused-ring (bicyclic) bond motifs is 1. The van der Waals surface area contributed by atoms with Crippen molar-refractivity contribution in [2.45, 2.75) is 27.2 Å². The zero-order chi connectivity index (χ0) is 17.4. The fraction of sp³-hybridized carbons (Fsp3) is 0.250. The van der Waals surface area contributed by atoms with Gasteiger partial charge in [0.25, 0.3) is 0 Å². The van der Waals surface area contributed by atoms with Crippen LogP contribution >= 0.6 is 0 Å². The highest BCUT2D eigenvalue weighted by Crippen LogP contribution is 2.33. The topological polar surface area (TPSA) is 53.9 Å². The van der Waals surface area contributed by atoms with Gasteiger partial charge in [0.1, 0.15) is 0 Å². The normalized spacial score (nSPS) is 13.0. The highest BCUT2D eigenvalue weighted by Gasteiger charge is 2.21. The summed E-state index contributed by atoms with van der Waals surface area (Å²) in [5.41, 5.74) is 7.21. The molecule has 4 rings (SSSR count). The standard InChI is InChI=1S/C20H21N5/c1-13-10-14(2)19(15(3)11-13)23-20-22-18(12-21-24-20)25-9-8-16-6-4-5-7-17(16)25/h4-7,10-12H,8-9H2,1-3H3,(H,22,23,24). The van der Waals surface area contributed by atoms with E-state index in [9.17, 15) is 0 Å².